The lowest BCUT2D eigenvalue weighted by atomic mass is 10.1. The summed E-state index contributed by atoms with van der Waals surface area (Å²) < 4.78 is 37.6. The van der Waals surface area contributed by atoms with Gasteiger partial charge in [0.1, 0.15) is 0 Å². The lowest BCUT2D eigenvalue weighted by Crippen LogP contribution is -2.09. The molecule has 1 rings (SSSR count). The molecule has 14 heavy (non-hydrogen) atoms. The van der Waals surface area contributed by atoms with Crippen molar-refractivity contribution in [2.75, 3.05) is 7.05 Å². The van der Waals surface area contributed by atoms with Crippen LogP contribution < -0.4 is 5.32 Å². The van der Waals surface area contributed by atoms with Gasteiger partial charge in [-0.1, -0.05) is 15.9 Å². The average molecular weight is 268 g/mol. The van der Waals surface area contributed by atoms with Crippen molar-refractivity contribution < 1.29 is 13.2 Å². The lowest BCUT2D eigenvalue weighted by molar-refractivity contribution is -0.137. The highest BCUT2D eigenvalue weighted by Gasteiger charge is 2.30. The second kappa shape index (κ2) is 4.31. The van der Waals surface area contributed by atoms with Gasteiger partial charge < -0.3 is 5.32 Å². The number of rotatable bonds is 2. The van der Waals surface area contributed by atoms with Crippen LogP contribution in [0.3, 0.4) is 0 Å². The molecule has 0 aliphatic heterocycles. The molecule has 0 bridgehead atoms. The smallest absolute Gasteiger partial charge is 0.316 e. The Hall–Kier alpha value is -0.550. The molecule has 0 aromatic heterocycles. The Labute approximate surface area is 88.4 Å². The standard InChI is InChI=1S/C9H9BrF3N/c1-14-5-6-4-7(9(11,12)13)2-3-8(6)10/h2-4,14H,5H2,1H3. The zero-order chi connectivity index (χ0) is 10.8. The Morgan fingerprint density at radius 2 is 2.00 bits per heavy atom. The van der Waals surface area contributed by atoms with Crippen molar-refractivity contribution in [3.63, 3.8) is 0 Å². The molecular formula is C9H9BrF3N. The Balaban J connectivity index is 3.06. The van der Waals surface area contributed by atoms with Crippen molar-refractivity contribution in [1.82, 2.24) is 5.32 Å². The normalized spacial score (nSPS) is 11.8. The van der Waals surface area contributed by atoms with Crippen molar-refractivity contribution >= 4 is 15.9 Å². The summed E-state index contributed by atoms with van der Waals surface area (Å²) in [6.45, 7) is 0.407. The molecule has 0 spiro atoms. The van der Waals surface area contributed by atoms with E-state index in [1.165, 1.54) is 6.07 Å². The van der Waals surface area contributed by atoms with Crippen LogP contribution in [-0.2, 0) is 12.7 Å². The van der Waals surface area contributed by atoms with Crippen LogP contribution in [0.15, 0.2) is 22.7 Å². The summed E-state index contributed by atoms with van der Waals surface area (Å²) in [6, 6.07) is 3.61. The van der Waals surface area contributed by atoms with Crippen LogP contribution in [0.5, 0.6) is 0 Å². The predicted octanol–water partition coefficient (Wildman–Crippen LogP) is 3.19. The van der Waals surface area contributed by atoms with E-state index in [0.717, 1.165) is 12.1 Å². The zero-order valence-electron chi connectivity index (χ0n) is 7.45. The SMILES string of the molecule is CNCc1cc(C(F)(F)F)ccc1Br. The fraction of sp³-hybridized carbons (Fsp3) is 0.333. The van der Waals surface area contributed by atoms with E-state index < -0.39 is 11.7 Å². The van der Waals surface area contributed by atoms with Crippen molar-refractivity contribution in [3.8, 4) is 0 Å². The number of halogens is 4. The van der Waals surface area contributed by atoms with E-state index in [1.807, 2.05) is 0 Å². The molecule has 0 fully saturated rings. The Kier molecular flexibility index (Phi) is 3.55. The second-order valence-electron chi connectivity index (χ2n) is 2.83. The third-order valence-corrected chi connectivity index (χ3v) is 2.51. The molecule has 1 aromatic carbocycles. The fourth-order valence-electron chi connectivity index (χ4n) is 1.08. The number of benzene rings is 1. The number of hydrogen-bond acceptors (Lipinski definition) is 1. The molecule has 78 valence electrons. The second-order valence-corrected chi connectivity index (χ2v) is 3.69. The largest absolute Gasteiger partial charge is 0.416 e. The van der Waals surface area contributed by atoms with Gasteiger partial charge in [0.05, 0.1) is 5.56 Å². The topological polar surface area (TPSA) is 12.0 Å². The zero-order valence-corrected chi connectivity index (χ0v) is 9.04. The van der Waals surface area contributed by atoms with Crippen molar-refractivity contribution in [3.05, 3.63) is 33.8 Å². The van der Waals surface area contributed by atoms with Gasteiger partial charge in [-0.15, -0.1) is 0 Å². The molecule has 0 unspecified atom stereocenters. The van der Waals surface area contributed by atoms with Gasteiger partial charge >= 0.3 is 6.18 Å². The fourth-order valence-corrected chi connectivity index (χ4v) is 1.46. The lowest BCUT2D eigenvalue weighted by Gasteiger charge is -2.10. The summed E-state index contributed by atoms with van der Waals surface area (Å²) >= 11 is 3.19. The highest BCUT2D eigenvalue weighted by Crippen LogP contribution is 2.31. The average Bonchev–Trinajstić information content (AvgIpc) is 2.07. The van der Waals surface area contributed by atoms with Gasteiger partial charge in [0, 0.05) is 11.0 Å². The minimum atomic E-state index is -4.27. The summed E-state index contributed by atoms with van der Waals surface area (Å²) in [6.07, 6.45) is -4.27. The first-order valence-corrected chi connectivity index (χ1v) is 4.74. The molecule has 0 aliphatic rings. The van der Waals surface area contributed by atoms with E-state index in [0.29, 0.717) is 16.6 Å². The van der Waals surface area contributed by atoms with Crippen LogP contribution in [0.2, 0.25) is 0 Å². The van der Waals surface area contributed by atoms with Crippen molar-refractivity contribution in [2.45, 2.75) is 12.7 Å². The van der Waals surface area contributed by atoms with E-state index in [1.54, 1.807) is 7.05 Å². The molecule has 0 aliphatic carbocycles. The maximum absolute atomic E-state index is 12.3. The van der Waals surface area contributed by atoms with Crippen LogP contribution in [0.1, 0.15) is 11.1 Å². The minimum absolute atomic E-state index is 0.407. The van der Waals surface area contributed by atoms with Crippen molar-refractivity contribution in [1.29, 1.82) is 0 Å². The van der Waals surface area contributed by atoms with Gasteiger partial charge in [-0.2, -0.15) is 13.2 Å². The number of hydrogen-bond donors (Lipinski definition) is 1. The molecule has 1 aromatic rings. The highest BCUT2D eigenvalue weighted by atomic mass is 79.9. The first kappa shape index (κ1) is 11.5. The van der Waals surface area contributed by atoms with Gasteiger partial charge in [-0.3, -0.25) is 0 Å². The quantitative estimate of drug-likeness (QED) is 0.868. The van der Waals surface area contributed by atoms with Crippen LogP contribution in [0, 0.1) is 0 Å². The third kappa shape index (κ3) is 2.72. The molecule has 5 heteroatoms. The molecule has 0 saturated heterocycles. The van der Waals surface area contributed by atoms with E-state index in [4.69, 9.17) is 0 Å². The molecular weight excluding hydrogens is 259 g/mol. The highest BCUT2D eigenvalue weighted by molar-refractivity contribution is 9.10. The molecule has 0 saturated carbocycles. The number of alkyl halides is 3. The summed E-state index contributed by atoms with van der Waals surface area (Å²) in [7, 11) is 1.69. The van der Waals surface area contributed by atoms with Gasteiger partial charge in [-0.05, 0) is 30.8 Å². The van der Waals surface area contributed by atoms with Crippen LogP contribution in [-0.4, -0.2) is 7.05 Å². The summed E-state index contributed by atoms with van der Waals surface area (Å²) in [4.78, 5) is 0. The maximum atomic E-state index is 12.3. The van der Waals surface area contributed by atoms with E-state index >= 15 is 0 Å². The predicted molar refractivity (Wildman–Crippen MR) is 51.9 cm³/mol. The summed E-state index contributed by atoms with van der Waals surface area (Å²) in [5, 5.41) is 2.81. The van der Waals surface area contributed by atoms with Crippen LogP contribution in [0.25, 0.3) is 0 Å². The molecule has 0 amide bonds. The minimum Gasteiger partial charge on any atom is -0.316 e. The van der Waals surface area contributed by atoms with Gasteiger partial charge in [-0.25, -0.2) is 0 Å². The maximum Gasteiger partial charge on any atom is 0.416 e. The van der Waals surface area contributed by atoms with Crippen LogP contribution in [0.4, 0.5) is 13.2 Å². The van der Waals surface area contributed by atoms with Gasteiger partial charge in [0.2, 0.25) is 0 Å². The van der Waals surface area contributed by atoms with Gasteiger partial charge in [0.25, 0.3) is 0 Å². The monoisotopic (exact) mass is 267 g/mol. The van der Waals surface area contributed by atoms with Crippen LogP contribution >= 0.6 is 15.9 Å². The van der Waals surface area contributed by atoms with E-state index in [2.05, 4.69) is 21.2 Å². The Bertz CT molecular complexity index is 322. The molecule has 1 N–H and O–H groups in total. The first-order valence-electron chi connectivity index (χ1n) is 3.95. The Morgan fingerprint density at radius 3 is 2.50 bits per heavy atom. The molecule has 1 nitrogen and oxygen atoms in total. The Morgan fingerprint density at radius 1 is 1.36 bits per heavy atom. The molecule has 0 radical (unpaired) electrons. The summed E-state index contributed by atoms with van der Waals surface area (Å²) in [5.74, 6) is 0. The van der Waals surface area contributed by atoms with Crippen molar-refractivity contribution in [2.24, 2.45) is 0 Å². The van der Waals surface area contributed by atoms with E-state index in [9.17, 15) is 13.2 Å². The molecule has 0 atom stereocenters. The third-order valence-electron chi connectivity index (χ3n) is 1.74. The van der Waals surface area contributed by atoms with Gasteiger partial charge in [0.15, 0.2) is 0 Å². The summed E-state index contributed by atoms with van der Waals surface area (Å²) in [5.41, 5.74) is -0.0201. The number of nitrogens with one attached hydrogen (secondary N) is 1. The van der Waals surface area contributed by atoms with E-state index in [-0.39, 0.29) is 0 Å². The first-order chi connectivity index (χ1) is 6.45. The molecule has 0 heterocycles.